The predicted molar refractivity (Wildman–Crippen MR) is 140 cm³/mol. The molecule has 0 aromatic rings. The van der Waals surface area contributed by atoms with Gasteiger partial charge in [-0.05, 0) is 19.8 Å². The molecule has 9 nitrogen and oxygen atoms in total. The summed E-state index contributed by atoms with van der Waals surface area (Å²) >= 11 is 17.0. The summed E-state index contributed by atoms with van der Waals surface area (Å²) < 4.78 is 31.6. The highest BCUT2D eigenvalue weighted by Gasteiger charge is 2.48. The van der Waals surface area contributed by atoms with Gasteiger partial charge in [0.05, 0.1) is 19.0 Å². The van der Waals surface area contributed by atoms with Crippen molar-refractivity contribution in [2.75, 3.05) is 34.0 Å². The van der Waals surface area contributed by atoms with Crippen LogP contribution in [0.4, 0.5) is 4.79 Å². The molecular formula is C24H42Cl3NO8. The van der Waals surface area contributed by atoms with Crippen LogP contribution in [0.1, 0.15) is 58.8 Å². The summed E-state index contributed by atoms with van der Waals surface area (Å²) in [5.41, 5.74) is 0. The third kappa shape index (κ3) is 13.3. The molecule has 0 aromatic carbocycles. The number of carbonyl (C=O) groups excluding carboxylic acids is 1. The standard InChI is InChI=1S/C24H42Cl3NO8/c1-5-7-8-9-10-11-17(32-4)12-14-33-21-19(28-23(30)35-16-24(25,26)27)22(34-13-6-2)36-18(15-31-3)20(21)29/h6,13,17-22,29H,5,7-12,14-16H2,1-4H3,(H,28,30)/b13-6-/t17-,18-,19-,20-,21+,22+/m1/s1. The van der Waals surface area contributed by atoms with Crippen LogP contribution in [-0.4, -0.2) is 85.8 Å². The summed E-state index contributed by atoms with van der Waals surface area (Å²) in [5.74, 6) is 0. The number of alkyl carbamates (subject to hydrolysis) is 1. The van der Waals surface area contributed by atoms with Crippen molar-refractivity contribution < 1.29 is 38.3 Å². The van der Waals surface area contributed by atoms with E-state index in [0.717, 1.165) is 19.3 Å². The Hall–Kier alpha value is -0.520. The molecule has 0 aromatic heterocycles. The molecule has 0 aliphatic carbocycles. The highest BCUT2D eigenvalue weighted by atomic mass is 35.6. The summed E-state index contributed by atoms with van der Waals surface area (Å²) in [7, 11) is 3.18. The maximum absolute atomic E-state index is 12.4. The Labute approximate surface area is 230 Å². The quantitative estimate of drug-likeness (QED) is 0.143. The van der Waals surface area contributed by atoms with E-state index in [4.69, 9.17) is 63.2 Å². The number of hydrogen-bond acceptors (Lipinski definition) is 8. The number of nitrogens with one attached hydrogen (secondary N) is 1. The minimum atomic E-state index is -1.77. The fourth-order valence-electron chi connectivity index (χ4n) is 3.86. The molecule has 1 aliphatic heterocycles. The first-order chi connectivity index (χ1) is 17.2. The maximum atomic E-state index is 12.4. The lowest BCUT2D eigenvalue weighted by atomic mass is 9.96. The first-order valence-corrected chi connectivity index (χ1v) is 13.5. The van der Waals surface area contributed by atoms with Crippen molar-refractivity contribution in [1.82, 2.24) is 5.32 Å². The molecule has 36 heavy (non-hydrogen) atoms. The van der Waals surface area contributed by atoms with Gasteiger partial charge in [0.15, 0.2) is 0 Å². The lowest BCUT2D eigenvalue weighted by molar-refractivity contribution is -0.264. The highest BCUT2D eigenvalue weighted by molar-refractivity contribution is 6.67. The highest BCUT2D eigenvalue weighted by Crippen LogP contribution is 2.28. The lowest BCUT2D eigenvalue weighted by Crippen LogP contribution is -2.65. The van der Waals surface area contributed by atoms with Crippen molar-refractivity contribution in [3.8, 4) is 0 Å². The zero-order valence-corrected chi connectivity index (χ0v) is 23.9. The monoisotopic (exact) mass is 577 g/mol. The summed E-state index contributed by atoms with van der Waals surface area (Å²) in [5, 5.41) is 13.6. The van der Waals surface area contributed by atoms with E-state index in [0.29, 0.717) is 6.42 Å². The van der Waals surface area contributed by atoms with Gasteiger partial charge in [-0.25, -0.2) is 4.79 Å². The van der Waals surface area contributed by atoms with E-state index in [-0.39, 0.29) is 19.3 Å². The molecule has 0 spiro atoms. The predicted octanol–water partition coefficient (Wildman–Crippen LogP) is 4.88. The Morgan fingerprint density at radius 3 is 2.50 bits per heavy atom. The summed E-state index contributed by atoms with van der Waals surface area (Å²) in [6.45, 7) is 3.87. The fraction of sp³-hybridized carbons (Fsp3) is 0.875. The lowest BCUT2D eigenvalue weighted by Gasteiger charge is -2.43. The van der Waals surface area contributed by atoms with Crippen LogP contribution in [0.5, 0.6) is 0 Å². The molecular weight excluding hydrogens is 537 g/mol. The second kappa shape index (κ2) is 18.7. The van der Waals surface area contributed by atoms with Gasteiger partial charge in [-0.3, -0.25) is 0 Å². The number of carbonyl (C=O) groups is 1. The van der Waals surface area contributed by atoms with Gasteiger partial charge in [0.25, 0.3) is 0 Å². The Morgan fingerprint density at radius 1 is 1.17 bits per heavy atom. The van der Waals surface area contributed by atoms with Crippen LogP contribution in [-0.2, 0) is 28.4 Å². The van der Waals surface area contributed by atoms with E-state index in [1.165, 1.54) is 32.6 Å². The van der Waals surface area contributed by atoms with Gasteiger partial charge in [0.2, 0.25) is 10.1 Å². The number of rotatable bonds is 17. The third-order valence-electron chi connectivity index (χ3n) is 5.72. The van der Waals surface area contributed by atoms with E-state index < -0.39 is 47.1 Å². The van der Waals surface area contributed by atoms with E-state index in [9.17, 15) is 9.90 Å². The third-order valence-corrected chi connectivity index (χ3v) is 6.05. The molecule has 12 heteroatoms. The van der Waals surface area contributed by atoms with Crippen molar-refractivity contribution >= 4 is 40.9 Å². The number of unbranched alkanes of at least 4 members (excludes halogenated alkanes) is 4. The Balaban J connectivity index is 2.88. The molecule has 0 unspecified atom stereocenters. The number of halogens is 3. The van der Waals surface area contributed by atoms with Gasteiger partial charge in [0, 0.05) is 20.8 Å². The molecule has 0 bridgehead atoms. The molecule has 6 atom stereocenters. The maximum Gasteiger partial charge on any atom is 0.407 e. The number of ether oxygens (including phenoxy) is 6. The second-order valence-electron chi connectivity index (χ2n) is 8.64. The smallest absolute Gasteiger partial charge is 0.407 e. The summed E-state index contributed by atoms with van der Waals surface area (Å²) in [4.78, 5) is 12.4. The minimum Gasteiger partial charge on any atom is -0.471 e. The van der Waals surface area contributed by atoms with Crippen LogP contribution in [0.3, 0.4) is 0 Å². The van der Waals surface area contributed by atoms with Crippen LogP contribution in [0.25, 0.3) is 0 Å². The number of hydrogen-bond donors (Lipinski definition) is 2. The molecule has 1 fully saturated rings. The minimum absolute atomic E-state index is 0.0223. The molecule has 1 aliphatic rings. The van der Waals surface area contributed by atoms with E-state index in [2.05, 4.69) is 12.2 Å². The fourth-order valence-corrected chi connectivity index (χ4v) is 4.02. The summed E-state index contributed by atoms with van der Waals surface area (Å²) in [6, 6.07) is -0.928. The van der Waals surface area contributed by atoms with Crippen LogP contribution in [0, 0.1) is 0 Å². The SMILES string of the molecule is C/C=C\O[C@H]1O[C@H](COC)[C@@H](O)[C@@H](OCC[C@@H](CCCCCCC)OC)[C@H]1NC(=O)OCC(Cl)(Cl)Cl. The van der Waals surface area contributed by atoms with Gasteiger partial charge in [-0.15, -0.1) is 0 Å². The molecule has 1 rings (SSSR count). The molecule has 1 saturated heterocycles. The molecule has 212 valence electrons. The van der Waals surface area contributed by atoms with Crippen molar-refractivity contribution in [2.45, 2.75) is 99.3 Å². The summed E-state index contributed by atoms with van der Waals surface area (Å²) in [6.07, 6.45) is 5.91. The largest absolute Gasteiger partial charge is 0.471 e. The molecule has 0 saturated carbocycles. The first-order valence-electron chi connectivity index (χ1n) is 12.4. The Morgan fingerprint density at radius 2 is 1.89 bits per heavy atom. The first kappa shape index (κ1) is 33.5. The average Bonchev–Trinajstić information content (AvgIpc) is 2.83. The zero-order valence-electron chi connectivity index (χ0n) is 21.6. The molecule has 0 radical (unpaired) electrons. The number of aliphatic hydroxyl groups excluding tert-OH is 1. The van der Waals surface area contributed by atoms with Crippen LogP contribution >= 0.6 is 34.8 Å². The number of methoxy groups -OCH3 is 2. The van der Waals surface area contributed by atoms with Crippen molar-refractivity contribution in [3.63, 3.8) is 0 Å². The van der Waals surface area contributed by atoms with E-state index in [1.54, 1.807) is 20.1 Å². The van der Waals surface area contributed by atoms with Gasteiger partial charge < -0.3 is 38.8 Å². The second-order valence-corrected chi connectivity index (χ2v) is 11.2. The molecule has 1 heterocycles. The number of alkyl halides is 3. The number of allylic oxidation sites excluding steroid dienone is 1. The average molecular weight is 579 g/mol. The van der Waals surface area contributed by atoms with E-state index >= 15 is 0 Å². The number of amides is 1. The zero-order chi connectivity index (χ0) is 27.0. The van der Waals surface area contributed by atoms with Gasteiger partial charge in [-0.1, -0.05) is 79.9 Å². The molecule has 2 N–H and O–H groups in total. The number of aliphatic hydroxyl groups is 1. The Kier molecular flexibility index (Phi) is 17.4. The van der Waals surface area contributed by atoms with Crippen molar-refractivity contribution in [1.29, 1.82) is 0 Å². The Bertz CT molecular complexity index is 623. The van der Waals surface area contributed by atoms with Crippen LogP contribution in [0.2, 0.25) is 0 Å². The van der Waals surface area contributed by atoms with Crippen molar-refractivity contribution in [3.05, 3.63) is 12.3 Å². The van der Waals surface area contributed by atoms with Crippen LogP contribution in [0.15, 0.2) is 12.3 Å². The normalized spacial score (nSPS) is 25.6. The molecule has 1 amide bonds. The van der Waals surface area contributed by atoms with Crippen LogP contribution < -0.4 is 5.32 Å². The van der Waals surface area contributed by atoms with Gasteiger partial charge >= 0.3 is 6.09 Å². The van der Waals surface area contributed by atoms with Gasteiger partial charge in [0.1, 0.15) is 31.0 Å². The van der Waals surface area contributed by atoms with Crippen molar-refractivity contribution in [2.24, 2.45) is 0 Å². The van der Waals surface area contributed by atoms with E-state index in [1.807, 2.05) is 0 Å². The van der Waals surface area contributed by atoms with Gasteiger partial charge in [-0.2, -0.15) is 0 Å². The topological polar surface area (TPSA) is 105 Å².